The average Bonchev–Trinajstić information content (AvgIpc) is 2.14. The van der Waals surface area contributed by atoms with Gasteiger partial charge in [0.05, 0.1) is 6.61 Å². The predicted molar refractivity (Wildman–Crippen MR) is 55.0 cm³/mol. The van der Waals surface area contributed by atoms with E-state index in [1.807, 2.05) is 30.3 Å². The number of para-hydroxylation sites is 1. The second-order valence-electron chi connectivity index (χ2n) is 2.59. The molecule has 0 fully saturated rings. The number of unbranched alkanes of at least 4 members (excludes halogenated alkanes) is 1. The summed E-state index contributed by atoms with van der Waals surface area (Å²) in [5.74, 6) is 1.90. The summed E-state index contributed by atoms with van der Waals surface area (Å²) in [5, 5.41) is 0. The lowest BCUT2D eigenvalue weighted by Gasteiger charge is -2.03. The van der Waals surface area contributed by atoms with Crippen molar-refractivity contribution in [3.8, 4) is 5.75 Å². The van der Waals surface area contributed by atoms with Gasteiger partial charge in [-0.15, -0.1) is 0 Å². The van der Waals surface area contributed by atoms with Crippen LogP contribution in [0.3, 0.4) is 0 Å². The molecule has 0 aliphatic carbocycles. The van der Waals surface area contributed by atoms with Crippen LogP contribution in [0.4, 0.5) is 0 Å². The van der Waals surface area contributed by atoms with E-state index in [0.29, 0.717) is 0 Å². The van der Waals surface area contributed by atoms with Crippen LogP contribution in [-0.2, 0) is 0 Å². The fourth-order valence-electron chi connectivity index (χ4n) is 0.921. The third-order valence-corrected chi connectivity index (χ3v) is 1.88. The zero-order valence-corrected chi connectivity index (χ0v) is 7.97. The Morgan fingerprint density at radius 2 is 1.83 bits per heavy atom. The highest BCUT2D eigenvalue weighted by Crippen LogP contribution is 2.08. The lowest BCUT2D eigenvalue weighted by molar-refractivity contribution is 0.310. The van der Waals surface area contributed by atoms with Gasteiger partial charge in [0.25, 0.3) is 0 Å². The first kappa shape index (κ1) is 9.46. The molecule has 0 heterocycles. The normalized spacial score (nSPS) is 9.75. The number of ether oxygens (including phenoxy) is 1. The Morgan fingerprint density at radius 1 is 1.08 bits per heavy atom. The Bertz CT molecular complexity index is 198. The quantitative estimate of drug-likeness (QED) is 0.544. The predicted octanol–water partition coefficient (Wildman–Crippen LogP) is 2.78. The average molecular weight is 182 g/mol. The first-order valence-electron chi connectivity index (χ1n) is 4.22. The van der Waals surface area contributed by atoms with E-state index < -0.39 is 0 Å². The van der Waals surface area contributed by atoms with E-state index in [1.165, 1.54) is 0 Å². The third kappa shape index (κ3) is 3.67. The van der Waals surface area contributed by atoms with Gasteiger partial charge in [0.2, 0.25) is 0 Å². The lowest BCUT2D eigenvalue weighted by Crippen LogP contribution is -1.96. The van der Waals surface area contributed by atoms with Crippen molar-refractivity contribution < 1.29 is 4.74 Å². The van der Waals surface area contributed by atoms with Crippen LogP contribution in [0.25, 0.3) is 0 Å². The molecule has 0 aliphatic heterocycles. The number of benzene rings is 1. The molecule has 0 radical (unpaired) electrons. The summed E-state index contributed by atoms with van der Waals surface area (Å²) < 4.78 is 5.47. The van der Waals surface area contributed by atoms with E-state index >= 15 is 0 Å². The number of thiol groups is 1. The van der Waals surface area contributed by atoms with Gasteiger partial charge in [0.15, 0.2) is 0 Å². The van der Waals surface area contributed by atoms with Crippen molar-refractivity contribution >= 4 is 12.6 Å². The first-order chi connectivity index (χ1) is 5.93. The fourth-order valence-corrected chi connectivity index (χ4v) is 1.14. The third-order valence-electron chi connectivity index (χ3n) is 1.56. The Labute approximate surface area is 79.2 Å². The van der Waals surface area contributed by atoms with Crippen molar-refractivity contribution in [2.24, 2.45) is 0 Å². The Morgan fingerprint density at radius 3 is 2.50 bits per heavy atom. The van der Waals surface area contributed by atoms with Gasteiger partial charge >= 0.3 is 0 Å². The highest BCUT2D eigenvalue weighted by molar-refractivity contribution is 7.80. The van der Waals surface area contributed by atoms with Crippen molar-refractivity contribution in [3.05, 3.63) is 30.3 Å². The first-order valence-corrected chi connectivity index (χ1v) is 4.85. The second-order valence-corrected chi connectivity index (χ2v) is 3.04. The van der Waals surface area contributed by atoms with E-state index in [2.05, 4.69) is 12.6 Å². The van der Waals surface area contributed by atoms with Crippen molar-refractivity contribution in [2.45, 2.75) is 12.8 Å². The molecule has 12 heavy (non-hydrogen) atoms. The number of hydrogen-bond acceptors (Lipinski definition) is 2. The molecule has 0 aliphatic rings. The van der Waals surface area contributed by atoms with Gasteiger partial charge in [-0.2, -0.15) is 12.6 Å². The van der Waals surface area contributed by atoms with Crippen LogP contribution in [-0.4, -0.2) is 12.4 Å². The van der Waals surface area contributed by atoms with Gasteiger partial charge < -0.3 is 4.74 Å². The minimum absolute atomic E-state index is 0.796. The molecule has 2 heteroatoms. The topological polar surface area (TPSA) is 9.23 Å². The monoisotopic (exact) mass is 182 g/mol. The molecule has 1 aromatic rings. The highest BCUT2D eigenvalue weighted by Gasteiger charge is 1.90. The smallest absolute Gasteiger partial charge is 0.119 e. The molecular formula is C10H14OS. The molecule has 0 saturated carbocycles. The van der Waals surface area contributed by atoms with Crippen LogP contribution in [0.5, 0.6) is 5.75 Å². The number of hydrogen-bond donors (Lipinski definition) is 1. The van der Waals surface area contributed by atoms with Crippen LogP contribution in [0.1, 0.15) is 12.8 Å². The summed E-state index contributed by atoms with van der Waals surface area (Å²) in [4.78, 5) is 0. The van der Waals surface area contributed by atoms with Crippen LogP contribution in [0.2, 0.25) is 0 Å². The Hall–Kier alpha value is -0.630. The molecule has 0 atom stereocenters. The lowest BCUT2D eigenvalue weighted by atomic mass is 10.3. The van der Waals surface area contributed by atoms with Gasteiger partial charge in [-0.25, -0.2) is 0 Å². The fraction of sp³-hybridized carbons (Fsp3) is 0.400. The molecule has 1 aromatic carbocycles. The molecular weight excluding hydrogens is 168 g/mol. The molecule has 1 nitrogen and oxygen atoms in total. The Balaban J connectivity index is 2.16. The summed E-state index contributed by atoms with van der Waals surface area (Å²) in [5.41, 5.74) is 0. The maximum atomic E-state index is 5.47. The number of rotatable bonds is 5. The molecule has 0 N–H and O–H groups in total. The Kier molecular flexibility index (Phi) is 4.69. The van der Waals surface area contributed by atoms with Gasteiger partial charge in [-0.3, -0.25) is 0 Å². The standard InChI is InChI=1S/C10H14OS/c12-9-5-4-8-11-10-6-2-1-3-7-10/h1-3,6-7,12H,4-5,8-9H2. The molecule has 0 unspecified atom stereocenters. The van der Waals surface area contributed by atoms with E-state index in [-0.39, 0.29) is 0 Å². The van der Waals surface area contributed by atoms with E-state index in [1.54, 1.807) is 0 Å². The molecule has 0 bridgehead atoms. The molecule has 0 saturated heterocycles. The summed E-state index contributed by atoms with van der Waals surface area (Å²) in [6, 6.07) is 9.89. The van der Waals surface area contributed by atoms with Crippen molar-refractivity contribution in [1.29, 1.82) is 0 Å². The van der Waals surface area contributed by atoms with Crippen molar-refractivity contribution in [2.75, 3.05) is 12.4 Å². The molecule has 1 rings (SSSR count). The largest absolute Gasteiger partial charge is 0.494 e. The van der Waals surface area contributed by atoms with Crippen molar-refractivity contribution in [1.82, 2.24) is 0 Å². The van der Waals surface area contributed by atoms with E-state index in [4.69, 9.17) is 4.74 Å². The summed E-state index contributed by atoms with van der Waals surface area (Å²) in [7, 11) is 0. The van der Waals surface area contributed by atoms with Gasteiger partial charge in [-0.1, -0.05) is 18.2 Å². The summed E-state index contributed by atoms with van der Waals surface area (Å²) >= 11 is 4.13. The van der Waals surface area contributed by atoms with E-state index in [9.17, 15) is 0 Å². The van der Waals surface area contributed by atoms with Gasteiger partial charge in [-0.05, 0) is 30.7 Å². The SMILES string of the molecule is SCCCCOc1ccccc1. The van der Waals surface area contributed by atoms with Crippen molar-refractivity contribution in [3.63, 3.8) is 0 Å². The molecule has 0 spiro atoms. The molecule has 66 valence electrons. The maximum Gasteiger partial charge on any atom is 0.119 e. The zero-order valence-electron chi connectivity index (χ0n) is 7.07. The van der Waals surface area contributed by atoms with Gasteiger partial charge in [0.1, 0.15) is 5.75 Å². The minimum atomic E-state index is 0.796. The molecule has 0 aromatic heterocycles. The second kappa shape index (κ2) is 5.95. The minimum Gasteiger partial charge on any atom is -0.494 e. The van der Waals surface area contributed by atoms with Crippen LogP contribution < -0.4 is 4.74 Å². The summed E-state index contributed by atoms with van der Waals surface area (Å²) in [6.45, 7) is 0.796. The van der Waals surface area contributed by atoms with Crippen LogP contribution >= 0.6 is 12.6 Å². The van der Waals surface area contributed by atoms with Crippen LogP contribution in [0, 0.1) is 0 Å². The van der Waals surface area contributed by atoms with Crippen LogP contribution in [0.15, 0.2) is 30.3 Å². The maximum absolute atomic E-state index is 5.47. The summed E-state index contributed by atoms with van der Waals surface area (Å²) in [6.07, 6.45) is 2.20. The zero-order chi connectivity index (χ0) is 8.65. The van der Waals surface area contributed by atoms with Gasteiger partial charge in [0, 0.05) is 0 Å². The molecule has 0 amide bonds. The highest BCUT2D eigenvalue weighted by atomic mass is 32.1. The van der Waals surface area contributed by atoms with E-state index in [0.717, 1.165) is 31.0 Å².